The van der Waals surface area contributed by atoms with E-state index in [0.717, 1.165) is 5.56 Å². The summed E-state index contributed by atoms with van der Waals surface area (Å²) < 4.78 is 1.51. The molecule has 0 saturated carbocycles. The lowest BCUT2D eigenvalue weighted by Gasteiger charge is -2.00. The number of hydrogen-bond acceptors (Lipinski definition) is 4. The predicted octanol–water partition coefficient (Wildman–Crippen LogP) is 2.11. The van der Waals surface area contributed by atoms with Gasteiger partial charge in [0.25, 0.3) is 5.91 Å². The molecular formula is C13H11ClN6O. The topological polar surface area (TPSA) is 88.5 Å². The predicted molar refractivity (Wildman–Crippen MR) is 78.0 cm³/mol. The normalized spacial score (nSPS) is 10.6. The number of halogens is 1. The van der Waals surface area contributed by atoms with Crippen LogP contribution < -0.4 is 5.32 Å². The van der Waals surface area contributed by atoms with Crippen molar-refractivity contribution in [2.45, 2.75) is 0 Å². The maximum atomic E-state index is 12.2. The first-order valence-corrected chi connectivity index (χ1v) is 6.48. The second-order valence-corrected chi connectivity index (χ2v) is 4.77. The lowest BCUT2D eigenvalue weighted by Crippen LogP contribution is -2.16. The van der Waals surface area contributed by atoms with E-state index in [-0.39, 0.29) is 11.9 Å². The molecule has 1 amide bonds. The molecule has 3 rings (SSSR count). The van der Waals surface area contributed by atoms with Crippen LogP contribution in [-0.2, 0) is 7.05 Å². The Bertz CT molecular complexity index is 763. The second kappa shape index (κ2) is 5.37. The highest BCUT2D eigenvalue weighted by Crippen LogP contribution is 2.21. The van der Waals surface area contributed by atoms with Crippen LogP contribution in [0.5, 0.6) is 0 Å². The number of nitrogens with zero attached hydrogens (tertiary/aromatic N) is 4. The Morgan fingerprint density at radius 2 is 2.10 bits per heavy atom. The zero-order chi connectivity index (χ0) is 14.8. The molecule has 0 radical (unpaired) electrons. The fraction of sp³-hybridized carbons (Fsp3) is 0.0769. The minimum Gasteiger partial charge on any atom is -0.289 e. The number of aromatic nitrogens is 5. The van der Waals surface area contributed by atoms with Gasteiger partial charge in [0.05, 0.1) is 5.69 Å². The van der Waals surface area contributed by atoms with E-state index in [1.54, 1.807) is 25.2 Å². The van der Waals surface area contributed by atoms with Gasteiger partial charge in [-0.3, -0.25) is 14.8 Å². The van der Waals surface area contributed by atoms with Crippen molar-refractivity contribution in [3.8, 4) is 11.3 Å². The van der Waals surface area contributed by atoms with Gasteiger partial charge in [-0.25, -0.2) is 5.10 Å². The molecule has 3 aromatic rings. The average Bonchev–Trinajstić information content (AvgIpc) is 3.09. The highest BCUT2D eigenvalue weighted by Gasteiger charge is 2.15. The molecule has 0 saturated heterocycles. The molecule has 7 nitrogen and oxygen atoms in total. The van der Waals surface area contributed by atoms with E-state index < -0.39 is 0 Å². The van der Waals surface area contributed by atoms with Gasteiger partial charge < -0.3 is 0 Å². The molecule has 1 aromatic carbocycles. The van der Waals surface area contributed by atoms with Crippen LogP contribution >= 0.6 is 11.6 Å². The Kier molecular flexibility index (Phi) is 3.41. The number of benzene rings is 1. The minimum absolute atomic E-state index is 0.286. The van der Waals surface area contributed by atoms with E-state index in [2.05, 4.69) is 25.6 Å². The number of carbonyl (C=O) groups is 1. The number of carbonyl (C=O) groups excluding carboxylic acids is 1. The van der Waals surface area contributed by atoms with Gasteiger partial charge in [0, 0.05) is 17.6 Å². The molecule has 2 heterocycles. The van der Waals surface area contributed by atoms with Crippen molar-refractivity contribution in [2.75, 3.05) is 5.32 Å². The van der Waals surface area contributed by atoms with Crippen LogP contribution in [0.2, 0.25) is 5.02 Å². The van der Waals surface area contributed by atoms with Gasteiger partial charge in [-0.05, 0) is 18.2 Å². The third-order valence-corrected chi connectivity index (χ3v) is 3.15. The fourth-order valence-electron chi connectivity index (χ4n) is 1.88. The standard InChI is InChI=1S/C13H11ClN6O/c1-20-11(12(21)17-13-15-7-16-18-13)6-10(19-20)8-2-4-9(14)5-3-8/h2-7H,1H3,(H2,15,16,17,18,21). The van der Waals surface area contributed by atoms with Crippen molar-refractivity contribution < 1.29 is 4.79 Å². The first-order chi connectivity index (χ1) is 10.1. The largest absolute Gasteiger partial charge is 0.289 e. The SMILES string of the molecule is Cn1nc(-c2ccc(Cl)cc2)cc1C(=O)Nc1ncn[nH]1. The van der Waals surface area contributed by atoms with Crippen molar-refractivity contribution in [1.82, 2.24) is 25.0 Å². The molecule has 8 heteroatoms. The van der Waals surface area contributed by atoms with Crippen LogP contribution in [0.15, 0.2) is 36.7 Å². The number of H-pyrrole nitrogens is 1. The summed E-state index contributed by atoms with van der Waals surface area (Å²) in [6, 6.07) is 8.96. The lowest BCUT2D eigenvalue weighted by molar-refractivity contribution is 0.101. The molecule has 0 bridgehead atoms. The fourth-order valence-corrected chi connectivity index (χ4v) is 2.00. The summed E-state index contributed by atoms with van der Waals surface area (Å²) in [6.07, 6.45) is 1.32. The lowest BCUT2D eigenvalue weighted by atomic mass is 10.1. The van der Waals surface area contributed by atoms with Crippen molar-refractivity contribution in [3.63, 3.8) is 0 Å². The zero-order valence-electron chi connectivity index (χ0n) is 11.0. The number of aryl methyl sites for hydroxylation is 1. The highest BCUT2D eigenvalue weighted by molar-refractivity contribution is 6.30. The van der Waals surface area contributed by atoms with Gasteiger partial charge in [0.1, 0.15) is 12.0 Å². The van der Waals surface area contributed by atoms with Crippen LogP contribution in [0.3, 0.4) is 0 Å². The second-order valence-electron chi connectivity index (χ2n) is 4.33. The van der Waals surface area contributed by atoms with Gasteiger partial charge in [-0.15, -0.1) is 0 Å². The van der Waals surface area contributed by atoms with E-state index >= 15 is 0 Å². The summed E-state index contributed by atoms with van der Waals surface area (Å²) in [7, 11) is 1.70. The zero-order valence-corrected chi connectivity index (χ0v) is 11.8. The molecule has 2 aromatic heterocycles. The number of hydrogen-bond donors (Lipinski definition) is 2. The maximum Gasteiger partial charge on any atom is 0.276 e. The Morgan fingerprint density at radius 1 is 1.33 bits per heavy atom. The molecular weight excluding hydrogens is 292 g/mol. The molecule has 2 N–H and O–H groups in total. The van der Waals surface area contributed by atoms with Gasteiger partial charge >= 0.3 is 0 Å². The Hall–Kier alpha value is -2.67. The number of anilines is 1. The molecule has 0 unspecified atom stereocenters. The van der Waals surface area contributed by atoms with Crippen LogP contribution in [0.4, 0.5) is 5.95 Å². The summed E-state index contributed by atoms with van der Waals surface area (Å²) in [5.41, 5.74) is 1.99. The van der Waals surface area contributed by atoms with Crippen LogP contribution in [-0.4, -0.2) is 30.9 Å². The van der Waals surface area contributed by atoms with Crippen molar-refractivity contribution in [3.05, 3.63) is 47.4 Å². The number of rotatable bonds is 3. The number of amides is 1. The molecule has 21 heavy (non-hydrogen) atoms. The summed E-state index contributed by atoms with van der Waals surface area (Å²) >= 11 is 5.86. The molecule has 0 spiro atoms. The Labute approximate surface area is 125 Å². The number of nitrogens with one attached hydrogen (secondary N) is 2. The third-order valence-electron chi connectivity index (χ3n) is 2.90. The highest BCUT2D eigenvalue weighted by atomic mass is 35.5. The van der Waals surface area contributed by atoms with Crippen LogP contribution in [0, 0.1) is 0 Å². The minimum atomic E-state index is -0.318. The first-order valence-electron chi connectivity index (χ1n) is 6.10. The van der Waals surface area contributed by atoms with Crippen molar-refractivity contribution in [1.29, 1.82) is 0 Å². The van der Waals surface area contributed by atoms with E-state index in [1.807, 2.05) is 12.1 Å². The van der Waals surface area contributed by atoms with Gasteiger partial charge in [-0.1, -0.05) is 23.7 Å². The molecule has 106 valence electrons. The van der Waals surface area contributed by atoms with Gasteiger partial charge in [-0.2, -0.15) is 15.2 Å². The van der Waals surface area contributed by atoms with Crippen molar-refractivity contribution >= 4 is 23.5 Å². The summed E-state index contributed by atoms with van der Waals surface area (Å²) in [5, 5.41) is 13.8. The van der Waals surface area contributed by atoms with E-state index in [0.29, 0.717) is 16.4 Å². The first kappa shape index (κ1) is 13.3. The summed E-state index contributed by atoms with van der Waals surface area (Å²) in [6.45, 7) is 0. The van der Waals surface area contributed by atoms with E-state index in [4.69, 9.17) is 11.6 Å². The molecule has 0 aliphatic carbocycles. The molecule has 0 fully saturated rings. The average molecular weight is 303 g/mol. The maximum absolute atomic E-state index is 12.2. The monoisotopic (exact) mass is 302 g/mol. The Balaban J connectivity index is 1.87. The van der Waals surface area contributed by atoms with E-state index in [9.17, 15) is 4.79 Å². The van der Waals surface area contributed by atoms with Crippen LogP contribution in [0.25, 0.3) is 11.3 Å². The molecule has 0 aliphatic heterocycles. The third kappa shape index (κ3) is 2.77. The Morgan fingerprint density at radius 3 is 2.76 bits per heavy atom. The quantitative estimate of drug-likeness (QED) is 0.775. The van der Waals surface area contributed by atoms with Crippen LogP contribution in [0.1, 0.15) is 10.5 Å². The molecule has 0 aliphatic rings. The smallest absolute Gasteiger partial charge is 0.276 e. The van der Waals surface area contributed by atoms with Gasteiger partial charge in [0.15, 0.2) is 0 Å². The summed E-state index contributed by atoms with van der Waals surface area (Å²) in [5.74, 6) is -0.0313. The van der Waals surface area contributed by atoms with Gasteiger partial charge in [0.2, 0.25) is 5.95 Å². The molecule has 0 atom stereocenters. The van der Waals surface area contributed by atoms with E-state index in [1.165, 1.54) is 11.0 Å². The van der Waals surface area contributed by atoms with Crippen molar-refractivity contribution in [2.24, 2.45) is 7.05 Å². The summed E-state index contributed by atoms with van der Waals surface area (Å²) in [4.78, 5) is 16.0. The number of aromatic amines is 1.